The molecular weight excluding hydrogens is 240 g/mol. The summed E-state index contributed by atoms with van der Waals surface area (Å²) in [6, 6.07) is 25.2. The summed E-state index contributed by atoms with van der Waals surface area (Å²) in [5.41, 5.74) is 6.97. The minimum absolute atomic E-state index is 1.15. The fourth-order valence-electron chi connectivity index (χ4n) is 2.33. The van der Waals surface area contributed by atoms with E-state index in [9.17, 15) is 0 Å². The van der Waals surface area contributed by atoms with Crippen molar-refractivity contribution >= 4 is 22.4 Å². The van der Waals surface area contributed by atoms with Crippen molar-refractivity contribution < 1.29 is 0 Å². The van der Waals surface area contributed by atoms with E-state index in [-0.39, 0.29) is 0 Å². The number of hydrogen-bond acceptors (Lipinski definition) is 0. The number of allylic oxidation sites excluding steroid dienone is 1. The van der Waals surface area contributed by atoms with Crippen LogP contribution in [-0.4, -0.2) is 0 Å². The number of fused-ring (bicyclic) bond motifs is 1. The van der Waals surface area contributed by atoms with Gasteiger partial charge in [0.05, 0.1) is 0 Å². The lowest BCUT2D eigenvalue weighted by Crippen LogP contribution is -1.78. The van der Waals surface area contributed by atoms with Crippen LogP contribution in [0.4, 0.5) is 0 Å². The topological polar surface area (TPSA) is 0 Å². The molecule has 0 saturated heterocycles. The summed E-state index contributed by atoms with van der Waals surface area (Å²) < 4.78 is 0. The molecule has 0 bridgehead atoms. The van der Waals surface area contributed by atoms with Gasteiger partial charge in [0, 0.05) is 0 Å². The molecule has 0 atom stereocenters. The predicted molar refractivity (Wildman–Crippen MR) is 87.4 cm³/mol. The van der Waals surface area contributed by atoms with Crippen LogP contribution in [0.1, 0.15) is 18.1 Å². The third-order valence-corrected chi connectivity index (χ3v) is 3.47. The molecule has 0 aliphatic carbocycles. The highest BCUT2D eigenvalue weighted by Crippen LogP contribution is 2.20. The molecule has 0 aromatic heterocycles. The smallest absolute Gasteiger partial charge is 0.00188 e. The van der Waals surface area contributed by atoms with Gasteiger partial charge in [0.2, 0.25) is 0 Å². The van der Waals surface area contributed by atoms with Crippen molar-refractivity contribution in [3.05, 3.63) is 89.7 Å². The molecule has 3 aromatic carbocycles. The molecule has 0 saturated carbocycles. The van der Waals surface area contributed by atoms with Crippen LogP contribution < -0.4 is 0 Å². The molecule has 0 aliphatic heterocycles. The van der Waals surface area contributed by atoms with E-state index in [1.54, 1.807) is 0 Å². The van der Waals surface area contributed by atoms with Gasteiger partial charge in [-0.3, -0.25) is 0 Å². The molecule has 0 aliphatic rings. The summed E-state index contributed by atoms with van der Waals surface area (Å²) in [5, 5.41) is 2.53. The summed E-state index contributed by atoms with van der Waals surface area (Å²) >= 11 is 0. The fraction of sp³-hybridized carbons (Fsp3) is 0.0500. The zero-order chi connectivity index (χ0) is 13.8. The SMILES string of the molecule is CC(=C=Cc1cccc2ccccc12)c1ccccc1. The predicted octanol–water partition coefficient (Wildman–Crippen LogP) is 5.56. The highest BCUT2D eigenvalue weighted by Gasteiger charge is 1.96. The lowest BCUT2D eigenvalue weighted by molar-refractivity contribution is 1.58. The molecule has 0 heteroatoms. The molecule has 0 fully saturated rings. The fourth-order valence-corrected chi connectivity index (χ4v) is 2.33. The molecule has 0 nitrogen and oxygen atoms in total. The Kier molecular flexibility index (Phi) is 3.50. The lowest BCUT2D eigenvalue weighted by atomic mass is 10.0. The Morgan fingerprint density at radius 1 is 0.800 bits per heavy atom. The number of hydrogen-bond donors (Lipinski definition) is 0. The van der Waals surface area contributed by atoms with Crippen LogP contribution in [0.5, 0.6) is 0 Å². The molecule has 3 rings (SSSR count). The van der Waals surface area contributed by atoms with Gasteiger partial charge >= 0.3 is 0 Å². The summed E-state index contributed by atoms with van der Waals surface area (Å²) in [6.45, 7) is 2.09. The average molecular weight is 256 g/mol. The normalized spacial score (nSPS) is 10.1. The van der Waals surface area contributed by atoms with Crippen LogP contribution in [0.3, 0.4) is 0 Å². The first-order chi connectivity index (χ1) is 9.84. The van der Waals surface area contributed by atoms with Gasteiger partial charge in [0.25, 0.3) is 0 Å². The average Bonchev–Trinajstić information content (AvgIpc) is 2.53. The second-order valence-electron chi connectivity index (χ2n) is 4.85. The number of benzene rings is 3. The van der Waals surface area contributed by atoms with E-state index in [0.29, 0.717) is 0 Å². The molecule has 3 aromatic rings. The summed E-state index contributed by atoms with van der Waals surface area (Å²) in [7, 11) is 0. The van der Waals surface area contributed by atoms with Gasteiger partial charge in [-0.2, -0.15) is 0 Å². The van der Waals surface area contributed by atoms with Gasteiger partial charge in [-0.05, 0) is 40.5 Å². The first-order valence-electron chi connectivity index (χ1n) is 6.81. The third kappa shape index (κ3) is 2.56. The van der Waals surface area contributed by atoms with Crippen LogP contribution >= 0.6 is 0 Å². The van der Waals surface area contributed by atoms with Crippen LogP contribution in [0.15, 0.2) is 78.5 Å². The minimum atomic E-state index is 1.15. The van der Waals surface area contributed by atoms with E-state index in [2.05, 4.69) is 85.5 Å². The maximum absolute atomic E-state index is 3.40. The zero-order valence-electron chi connectivity index (χ0n) is 11.5. The minimum Gasteiger partial charge on any atom is -0.116 e. The maximum atomic E-state index is 3.40. The van der Waals surface area contributed by atoms with Crippen molar-refractivity contribution in [2.24, 2.45) is 0 Å². The second-order valence-corrected chi connectivity index (χ2v) is 4.85. The Labute approximate surface area is 119 Å². The Hall–Kier alpha value is -2.56. The van der Waals surface area contributed by atoms with Crippen LogP contribution in [0.2, 0.25) is 0 Å². The van der Waals surface area contributed by atoms with Crippen molar-refractivity contribution in [1.82, 2.24) is 0 Å². The van der Waals surface area contributed by atoms with E-state index >= 15 is 0 Å². The van der Waals surface area contributed by atoms with Crippen LogP contribution in [-0.2, 0) is 0 Å². The largest absolute Gasteiger partial charge is 0.116 e. The van der Waals surface area contributed by atoms with Crippen LogP contribution in [0.25, 0.3) is 22.4 Å². The first-order valence-corrected chi connectivity index (χ1v) is 6.81. The summed E-state index contributed by atoms with van der Waals surface area (Å²) in [5.74, 6) is 0. The molecule has 0 amide bonds. The summed E-state index contributed by atoms with van der Waals surface area (Å²) in [4.78, 5) is 0. The van der Waals surface area contributed by atoms with E-state index in [4.69, 9.17) is 0 Å². The highest BCUT2D eigenvalue weighted by atomic mass is 14.0. The van der Waals surface area contributed by atoms with Gasteiger partial charge in [-0.1, -0.05) is 72.8 Å². The molecular formula is C20H16. The third-order valence-electron chi connectivity index (χ3n) is 3.47. The maximum Gasteiger partial charge on any atom is -0.00188 e. The second kappa shape index (κ2) is 5.61. The van der Waals surface area contributed by atoms with E-state index < -0.39 is 0 Å². The molecule has 0 radical (unpaired) electrons. The van der Waals surface area contributed by atoms with Crippen molar-refractivity contribution in [3.63, 3.8) is 0 Å². The Bertz CT molecular complexity index is 783. The summed E-state index contributed by atoms with van der Waals surface area (Å²) in [6.07, 6.45) is 2.07. The zero-order valence-corrected chi connectivity index (χ0v) is 11.5. The molecule has 20 heavy (non-hydrogen) atoms. The van der Waals surface area contributed by atoms with E-state index in [0.717, 1.165) is 5.57 Å². The van der Waals surface area contributed by atoms with Crippen molar-refractivity contribution in [2.45, 2.75) is 6.92 Å². The molecule has 0 unspecified atom stereocenters. The first kappa shape index (κ1) is 12.5. The molecule has 0 N–H and O–H groups in total. The van der Waals surface area contributed by atoms with E-state index in [1.807, 2.05) is 6.07 Å². The Morgan fingerprint density at radius 2 is 1.50 bits per heavy atom. The monoisotopic (exact) mass is 256 g/mol. The molecule has 0 spiro atoms. The lowest BCUT2D eigenvalue weighted by Gasteiger charge is -2.01. The van der Waals surface area contributed by atoms with E-state index in [1.165, 1.54) is 21.9 Å². The molecule has 96 valence electrons. The molecule has 0 heterocycles. The van der Waals surface area contributed by atoms with Crippen LogP contribution in [0, 0.1) is 0 Å². The van der Waals surface area contributed by atoms with Gasteiger partial charge in [0.15, 0.2) is 0 Å². The Morgan fingerprint density at radius 3 is 2.35 bits per heavy atom. The van der Waals surface area contributed by atoms with Crippen molar-refractivity contribution in [2.75, 3.05) is 0 Å². The highest BCUT2D eigenvalue weighted by molar-refractivity contribution is 5.90. The van der Waals surface area contributed by atoms with Gasteiger partial charge in [-0.15, -0.1) is 5.73 Å². The van der Waals surface area contributed by atoms with Gasteiger partial charge in [0.1, 0.15) is 0 Å². The van der Waals surface area contributed by atoms with Gasteiger partial charge in [-0.25, -0.2) is 0 Å². The standard InChI is InChI=1S/C20H16/c1-16(17-8-3-2-4-9-17)14-15-19-12-7-11-18-10-5-6-13-20(18)19/h2-13,15H,1H3. The quantitative estimate of drug-likeness (QED) is 0.527. The number of rotatable bonds is 2. The van der Waals surface area contributed by atoms with Crippen molar-refractivity contribution in [3.8, 4) is 0 Å². The van der Waals surface area contributed by atoms with Crippen molar-refractivity contribution in [1.29, 1.82) is 0 Å². The van der Waals surface area contributed by atoms with Gasteiger partial charge < -0.3 is 0 Å². The Balaban J connectivity index is 2.07.